The minimum Gasteiger partial charge on any atom is -0.496 e. The molecule has 0 saturated heterocycles. The van der Waals surface area contributed by atoms with Crippen LogP contribution in [0.15, 0.2) is 17.2 Å². The van der Waals surface area contributed by atoms with Gasteiger partial charge in [0, 0.05) is 0 Å². The van der Waals surface area contributed by atoms with E-state index in [2.05, 4.69) is 66.8 Å². The summed E-state index contributed by atoms with van der Waals surface area (Å²) in [5, 5.41) is 0.280. The van der Waals surface area contributed by atoms with E-state index in [0.29, 0.717) is 0 Å². The van der Waals surface area contributed by atoms with Crippen LogP contribution in [0.4, 0.5) is 0 Å². The van der Waals surface area contributed by atoms with Gasteiger partial charge in [-0.15, -0.1) is 5.57 Å². The molecule has 0 saturated carbocycles. The summed E-state index contributed by atoms with van der Waals surface area (Å²) in [4.78, 5) is 0. The van der Waals surface area contributed by atoms with Crippen LogP contribution in [0.3, 0.4) is 0 Å². The van der Waals surface area contributed by atoms with Gasteiger partial charge in [-0.2, -0.15) is 6.42 Å². The Morgan fingerprint density at radius 2 is 1.84 bits per heavy atom. The molecule has 0 aliphatic heterocycles. The van der Waals surface area contributed by atoms with Crippen molar-refractivity contribution in [2.75, 3.05) is 6.61 Å². The maximum atomic E-state index is 6.37. The van der Waals surface area contributed by atoms with Crippen LogP contribution in [-0.4, -0.2) is 14.9 Å². The second-order valence-electron chi connectivity index (χ2n) is 7.55. The van der Waals surface area contributed by atoms with Crippen molar-refractivity contribution in [3.05, 3.63) is 23.3 Å². The summed E-state index contributed by atoms with van der Waals surface area (Å²) in [5.74, 6) is 0. The van der Waals surface area contributed by atoms with E-state index in [1.807, 2.05) is 0 Å². The fourth-order valence-electron chi connectivity index (χ4n) is 1.98. The Balaban J connectivity index is 0.00000324. The Bertz CT molecular complexity index is 373. The van der Waals surface area contributed by atoms with Crippen LogP contribution >= 0.6 is 0 Å². The van der Waals surface area contributed by atoms with E-state index in [4.69, 9.17) is 4.43 Å². The Labute approximate surface area is 133 Å². The number of allylic oxidation sites excluding steroid dienone is 3. The second kappa shape index (κ2) is 6.35. The molecular weight excluding hydrogens is 243 g/mol. The smallest absolute Gasteiger partial charge is 0.496 e. The van der Waals surface area contributed by atoms with Gasteiger partial charge < -0.3 is 10.5 Å². The molecule has 3 heteroatoms. The van der Waals surface area contributed by atoms with E-state index >= 15 is 0 Å². The molecule has 0 fully saturated rings. The van der Waals surface area contributed by atoms with Gasteiger partial charge in [0.2, 0.25) is 0 Å². The Morgan fingerprint density at radius 3 is 2.26 bits per heavy atom. The molecular formula is C16H29LiOSi. The van der Waals surface area contributed by atoms with E-state index < -0.39 is 8.32 Å². The zero-order valence-corrected chi connectivity index (χ0v) is 15.4. The first-order chi connectivity index (χ1) is 7.97. The monoisotopic (exact) mass is 272 g/mol. The van der Waals surface area contributed by atoms with Gasteiger partial charge >= 0.3 is 18.9 Å². The fraction of sp³-hybridized carbons (Fsp3) is 0.750. The number of hydrogen-bond donors (Lipinski definition) is 0. The van der Waals surface area contributed by atoms with Gasteiger partial charge in [0.15, 0.2) is 8.32 Å². The van der Waals surface area contributed by atoms with Crippen LogP contribution in [0.1, 0.15) is 48.0 Å². The molecule has 0 unspecified atom stereocenters. The third-order valence-corrected chi connectivity index (χ3v) is 8.99. The maximum absolute atomic E-state index is 6.37. The molecule has 0 radical (unpaired) electrons. The van der Waals surface area contributed by atoms with E-state index in [1.54, 1.807) is 0 Å². The molecule has 0 N–H and O–H groups in total. The van der Waals surface area contributed by atoms with Gasteiger partial charge in [-0.25, -0.2) is 0 Å². The molecule has 1 nitrogen and oxygen atoms in total. The van der Waals surface area contributed by atoms with Crippen LogP contribution in [0, 0.1) is 11.5 Å². The third-order valence-electron chi connectivity index (χ3n) is 4.51. The van der Waals surface area contributed by atoms with Crippen molar-refractivity contribution in [3.8, 4) is 0 Å². The fourth-order valence-corrected chi connectivity index (χ4v) is 2.92. The molecule has 19 heavy (non-hydrogen) atoms. The summed E-state index contributed by atoms with van der Waals surface area (Å²) < 4.78 is 6.37. The van der Waals surface area contributed by atoms with Crippen molar-refractivity contribution in [3.63, 3.8) is 0 Å². The average Bonchev–Trinajstić information content (AvgIpc) is 2.13. The molecule has 0 spiro atoms. The van der Waals surface area contributed by atoms with Crippen molar-refractivity contribution >= 4 is 8.32 Å². The first-order valence-electron chi connectivity index (χ1n) is 6.88. The second-order valence-corrected chi connectivity index (χ2v) is 12.4. The zero-order chi connectivity index (χ0) is 14.2. The molecule has 1 aliphatic carbocycles. The van der Waals surface area contributed by atoms with Crippen LogP contribution in [-0.2, 0) is 4.43 Å². The van der Waals surface area contributed by atoms with Crippen molar-refractivity contribution in [2.24, 2.45) is 5.41 Å². The minimum absolute atomic E-state index is 0. The molecule has 0 heterocycles. The molecule has 0 bridgehead atoms. The summed E-state index contributed by atoms with van der Waals surface area (Å²) in [6.45, 7) is 19.0. The molecule has 0 aromatic carbocycles. The Kier molecular flexibility index (Phi) is 6.44. The van der Waals surface area contributed by atoms with Gasteiger partial charge in [0.25, 0.3) is 0 Å². The van der Waals surface area contributed by atoms with Gasteiger partial charge in [0.05, 0.1) is 6.61 Å². The minimum atomic E-state index is -1.65. The maximum Gasteiger partial charge on any atom is 1.00 e. The average molecular weight is 272 g/mol. The molecule has 0 aromatic rings. The van der Waals surface area contributed by atoms with Crippen molar-refractivity contribution in [1.29, 1.82) is 0 Å². The normalized spacial score (nSPS) is 19.4. The standard InChI is InChI=1S/C16H29OSi.Li/c1-13-10-9-11-16(5,6)14(13)12-17-18(7,8)15(2,3)4;/h11H,10,12H2,1-8H3;/q-1;+1. The van der Waals surface area contributed by atoms with Crippen LogP contribution < -0.4 is 18.9 Å². The molecule has 0 amide bonds. The topological polar surface area (TPSA) is 9.23 Å². The largest absolute Gasteiger partial charge is 1.00 e. The zero-order valence-electron chi connectivity index (χ0n) is 14.4. The van der Waals surface area contributed by atoms with E-state index in [-0.39, 0.29) is 29.3 Å². The predicted octanol–water partition coefficient (Wildman–Crippen LogP) is 2.12. The summed E-state index contributed by atoms with van der Waals surface area (Å²) in [7, 11) is -1.65. The third kappa shape index (κ3) is 4.64. The quantitative estimate of drug-likeness (QED) is 0.434. The summed E-state index contributed by atoms with van der Waals surface area (Å²) in [6.07, 6.45) is 6.51. The first-order valence-corrected chi connectivity index (χ1v) is 9.79. The van der Waals surface area contributed by atoms with Crippen molar-refractivity contribution in [2.45, 2.75) is 66.1 Å². The molecule has 0 aromatic heterocycles. The Hall–Kier alpha value is 0.254. The van der Waals surface area contributed by atoms with Crippen LogP contribution in [0.5, 0.6) is 0 Å². The molecule has 0 atom stereocenters. The molecule has 1 aliphatic rings. The Morgan fingerprint density at radius 1 is 1.32 bits per heavy atom. The summed E-state index contributed by atoms with van der Waals surface area (Å²) in [5.41, 5.74) is 2.98. The van der Waals surface area contributed by atoms with Gasteiger partial charge in [-0.3, -0.25) is 6.08 Å². The van der Waals surface area contributed by atoms with E-state index in [1.165, 1.54) is 11.1 Å². The van der Waals surface area contributed by atoms with Crippen molar-refractivity contribution < 1.29 is 23.3 Å². The SMILES string of the molecule is CC1=C(CO[Si](C)(C)C(C)(C)C)C(C)(C)C=[C-]C1.[Li+]. The van der Waals surface area contributed by atoms with Gasteiger partial charge in [-0.1, -0.05) is 34.6 Å². The van der Waals surface area contributed by atoms with Crippen LogP contribution in [0.2, 0.25) is 18.1 Å². The van der Waals surface area contributed by atoms with Gasteiger partial charge in [-0.05, 0) is 36.0 Å². The molecule has 104 valence electrons. The molecule has 1 rings (SSSR count). The number of hydrogen-bond acceptors (Lipinski definition) is 1. The van der Waals surface area contributed by atoms with Crippen molar-refractivity contribution in [1.82, 2.24) is 0 Å². The van der Waals surface area contributed by atoms with Gasteiger partial charge in [0.1, 0.15) is 0 Å². The van der Waals surface area contributed by atoms with Crippen LogP contribution in [0.25, 0.3) is 0 Å². The predicted molar refractivity (Wildman–Crippen MR) is 82.1 cm³/mol. The van der Waals surface area contributed by atoms with E-state index in [0.717, 1.165) is 13.0 Å². The summed E-state index contributed by atoms with van der Waals surface area (Å²) in [6, 6.07) is 0. The number of rotatable bonds is 3. The summed E-state index contributed by atoms with van der Waals surface area (Å²) >= 11 is 0. The first kappa shape index (κ1) is 19.3. The van der Waals surface area contributed by atoms with E-state index in [9.17, 15) is 0 Å².